The second kappa shape index (κ2) is 13.8. The predicted molar refractivity (Wildman–Crippen MR) is 181 cm³/mol. The zero-order chi connectivity index (χ0) is 38.9. The Morgan fingerprint density at radius 1 is 0.611 bits per heavy atom. The lowest BCUT2D eigenvalue weighted by atomic mass is 9.76. The van der Waals surface area contributed by atoms with Gasteiger partial charge >= 0.3 is 0 Å². The molecule has 17 nitrogen and oxygen atoms in total. The van der Waals surface area contributed by atoms with E-state index < -0.39 is 108 Å². The number of methoxy groups -OCH3 is 1. The zero-order valence-corrected chi connectivity index (χ0v) is 28.3. The van der Waals surface area contributed by atoms with Crippen LogP contribution in [0.2, 0.25) is 0 Å². The van der Waals surface area contributed by atoms with Crippen LogP contribution in [0.3, 0.4) is 0 Å². The SMILES string of the molecule is COc1cc(C2Oc3c(c(O)cc(O)c3C3c4c(cc(O)c(C5OC(CO)C(O)C(O)C5O)c4O)OC(c4ccc(O)c(O)c4)C3O)CC2O)ccc1O. The fourth-order valence-corrected chi connectivity index (χ4v) is 7.54. The Kier molecular flexibility index (Phi) is 9.43. The minimum absolute atomic E-state index is 0.0104. The topological polar surface area (TPSA) is 300 Å². The van der Waals surface area contributed by atoms with Crippen molar-refractivity contribution in [3.8, 4) is 57.5 Å². The number of phenols is 7. The average molecular weight is 755 g/mol. The van der Waals surface area contributed by atoms with Crippen LogP contribution < -0.4 is 14.2 Å². The minimum atomic E-state index is -1.97. The molecule has 0 aliphatic carbocycles. The molecule has 0 amide bonds. The van der Waals surface area contributed by atoms with Gasteiger partial charge < -0.3 is 85.3 Å². The van der Waals surface area contributed by atoms with E-state index in [1.54, 1.807) is 0 Å². The van der Waals surface area contributed by atoms with Gasteiger partial charge in [-0.05, 0) is 35.4 Å². The van der Waals surface area contributed by atoms with E-state index >= 15 is 0 Å². The maximum absolute atomic E-state index is 12.2. The van der Waals surface area contributed by atoms with Crippen molar-refractivity contribution in [2.24, 2.45) is 0 Å². The first-order valence-corrected chi connectivity index (χ1v) is 16.7. The molecule has 3 heterocycles. The fraction of sp³-hybridized carbons (Fsp3) is 0.351. The van der Waals surface area contributed by atoms with Gasteiger partial charge in [-0.15, -0.1) is 0 Å². The van der Waals surface area contributed by atoms with Crippen molar-refractivity contribution in [2.75, 3.05) is 13.7 Å². The van der Waals surface area contributed by atoms with Crippen LogP contribution in [0.1, 0.15) is 57.6 Å². The summed E-state index contributed by atoms with van der Waals surface area (Å²) in [5.74, 6) is -6.18. The van der Waals surface area contributed by atoms with E-state index in [9.17, 15) is 66.4 Å². The Balaban J connectivity index is 1.45. The Morgan fingerprint density at radius 2 is 1.28 bits per heavy atom. The van der Waals surface area contributed by atoms with Gasteiger partial charge in [0.1, 0.15) is 77.2 Å². The molecule has 10 unspecified atom stereocenters. The quantitative estimate of drug-likeness (QED) is 0.121. The number of rotatable bonds is 6. The second-order valence-corrected chi connectivity index (χ2v) is 13.5. The lowest BCUT2D eigenvalue weighted by Crippen LogP contribution is -2.55. The van der Waals surface area contributed by atoms with Gasteiger partial charge in [0.15, 0.2) is 29.1 Å². The van der Waals surface area contributed by atoms with Crippen LogP contribution in [0, 0.1) is 0 Å². The van der Waals surface area contributed by atoms with Crippen molar-refractivity contribution in [1.29, 1.82) is 0 Å². The average Bonchev–Trinajstić information content (AvgIpc) is 3.13. The maximum atomic E-state index is 12.2. The normalized spacial score (nSPS) is 29.0. The fourth-order valence-electron chi connectivity index (χ4n) is 7.54. The Hall–Kier alpha value is -5.40. The summed E-state index contributed by atoms with van der Waals surface area (Å²) in [4.78, 5) is 0. The van der Waals surface area contributed by atoms with Gasteiger partial charge in [-0.3, -0.25) is 0 Å². The number of phenolic OH excluding ortho intramolecular Hbond substituents is 7. The molecule has 4 aromatic rings. The minimum Gasteiger partial charge on any atom is -0.507 e. The number of hydrogen-bond acceptors (Lipinski definition) is 17. The van der Waals surface area contributed by atoms with Crippen LogP contribution in [0.4, 0.5) is 0 Å². The molecule has 54 heavy (non-hydrogen) atoms. The van der Waals surface area contributed by atoms with Crippen molar-refractivity contribution >= 4 is 0 Å². The molecule has 10 atom stereocenters. The molecule has 13 N–H and O–H groups in total. The Morgan fingerprint density at radius 3 is 1.94 bits per heavy atom. The zero-order valence-electron chi connectivity index (χ0n) is 28.3. The number of hydrogen-bond donors (Lipinski definition) is 13. The molecular weight excluding hydrogens is 716 g/mol. The maximum Gasteiger partial charge on any atom is 0.160 e. The molecule has 3 aliphatic heterocycles. The summed E-state index contributed by atoms with van der Waals surface area (Å²) in [7, 11) is 1.32. The molecule has 4 aromatic carbocycles. The third kappa shape index (κ3) is 5.86. The summed E-state index contributed by atoms with van der Waals surface area (Å²) in [6.07, 6.45) is -15.0. The Bertz CT molecular complexity index is 2080. The highest BCUT2D eigenvalue weighted by molar-refractivity contribution is 5.68. The molecule has 0 saturated carbocycles. The highest BCUT2D eigenvalue weighted by Gasteiger charge is 2.50. The first kappa shape index (κ1) is 36.9. The summed E-state index contributed by atoms with van der Waals surface area (Å²) in [5, 5.41) is 142. The molecule has 3 aliphatic rings. The van der Waals surface area contributed by atoms with Crippen molar-refractivity contribution in [3.63, 3.8) is 0 Å². The van der Waals surface area contributed by atoms with Gasteiger partial charge in [0.25, 0.3) is 0 Å². The third-order valence-electron chi connectivity index (χ3n) is 10.3. The van der Waals surface area contributed by atoms with Gasteiger partial charge in [-0.1, -0.05) is 12.1 Å². The molecule has 1 fully saturated rings. The number of fused-ring (bicyclic) bond motifs is 2. The molecule has 0 spiro atoms. The van der Waals surface area contributed by atoms with Crippen LogP contribution >= 0.6 is 0 Å². The second-order valence-electron chi connectivity index (χ2n) is 13.5. The number of aromatic hydroxyl groups is 7. The van der Waals surface area contributed by atoms with Crippen molar-refractivity contribution in [3.05, 3.63) is 81.9 Å². The lowest BCUT2D eigenvalue weighted by Gasteiger charge is -2.42. The van der Waals surface area contributed by atoms with Gasteiger partial charge in [0.05, 0.1) is 31.3 Å². The Labute approximate surface area is 305 Å². The van der Waals surface area contributed by atoms with Gasteiger partial charge in [0, 0.05) is 35.2 Å². The molecule has 0 aromatic heterocycles. The van der Waals surface area contributed by atoms with Crippen LogP contribution in [-0.2, 0) is 11.2 Å². The van der Waals surface area contributed by atoms with E-state index in [-0.39, 0.29) is 51.7 Å². The molecule has 0 bridgehead atoms. The van der Waals surface area contributed by atoms with Crippen LogP contribution in [0.25, 0.3) is 0 Å². The first-order valence-electron chi connectivity index (χ1n) is 16.7. The highest BCUT2D eigenvalue weighted by atomic mass is 16.5. The summed E-state index contributed by atoms with van der Waals surface area (Å²) >= 11 is 0. The number of aliphatic hydroxyl groups is 6. The van der Waals surface area contributed by atoms with Crippen molar-refractivity contribution in [2.45, 2.75) is 67.3 Å². The summed E-state index contributed by atoms with van der Waals surface area (Å²) in [5.41, 5.74) is -0.750. The molecule has 17 heteroatoms. The van der Waals surface area contributed by atoms with Gasteiger partial charge in [-0.2, -0.15) is 0 Å². The summed E-state index contributed by atoms with van der Waals surface area (Å²) in [6.45, 7) is -0.829. The molecule has 7 rings (SSSR count). The number of ether oxygens (including phenoxy) is 4. The highest BCUT2D eigenvalue weighted by Crippen LogP contribution is 2.59. The number of benzene rings is 4. The van der Waals surface area contributed by atoms with E-state index in [2.05, 4.69) is 0 Å². The summed E-state index contributed by atoms with van der Waals surface area (Å²) in [6, 6.07) is 9.65. The predicted octanol–water partition coefficient (Wildman–Crippen LogP) is 0.813. The molecule has 288 valence electrons. The van der Waals surface area contributed by atoms with Gasteiger partial charge in [-0.25, -0.2) is 0 Å². The number of aliphatic hydroxyl groups excluding tert-OH is 6. The van der Waals surface area contributed by atoms with Crippen LogP contribution in [-0.4, -0.2) is 117 Å². The third-order valence-corrected chi connectivity index (χ3v) is 10.3. The lowest BCUT2D eigenvalue weighted by molar-refractivity contribution is -0.232. The smallest absolute Gasteiger partial charge is 0.160 e. The van der Waals surface area contributed by atoms with Crippen LogP contribution in [0.15, 0.2) is 48.5 Å². The summed E-state index contributed by atoms with van der Waals surface area (Å²) < 4.78 is 23.3. The van der Waals surface area contributed by atoms with Crippen LogP contribution in [0.5, 0.6) is 57.5 Å². The first-order chi connectivity index (χ1) is 25.7. The largest absolute Gasteiger partial charge is 0.507 e. The molecule has 1 saturated heterocycles. The monoisotopic (exact) mass is 754 g/mol. The van der Waals surface area contributed by atoms with Gasteiger partial charge in [0.2, 0.25) is 0 Å². The van der Waals surface area contributed by atoms with E-state index in [1.807, 2.05) is 0 Å². The standard InChI is InChI=1S/C37H38O17/c1-51-22-7-13(3-5-16(22)40)34-21(45)8-14-17(41)9-19(43)25(36(14)54-34)28-27-23(52-35(31(28)48)12-2-4-15(39)18(42)6-12)10-20(44)26(30(27)47)37-33(50)32(49)29(46)24(11-38)53-37/h2-7,9-10,21,24,28-29,31-35,37-50H,8,11H2,1H3. The van der Waals surface area contributed by atoms with E-state index in [1.165, 1.54) is 31.4 Å². The van der Waals surface area contributed by atoms with Crippen molar-refractivity contribution in [1.82, 2.24) is 0 Å². The molecule has 0 radical (unpaired) electrons. The van der Waals surface area contributed by atoms with E-state index in [4.69, 9.17) is 18.9 Å². The molecular formula is C37H38O17. The van der Waals surface area contributed by atoms with E-state index in [0.29, 0.717) is 5.56 Å². The van der Waals surface area contributed by atoms with E-state index in [0.717, 1.165) is 24.3 Å². The van der Waals surface area contributed by atoms with Crippen molar-refractivity contribution < 1.29 is 85.3 Å².